The highest BCUT2D eigenvalue weighted by molar-refractivity contribution is 6.30. The first-order valence-corrected chi connectivity index (χ1v) is 7.32. The fourth-order valence-corrected chi connectivity index (χ4v) is 2.36. The van der Waals surface area contributed by atoms with E-state index in [-0.39, 0.29) is 11.7 Å². The maximum Gasteiger partial charge on any atom is 0.271 e. The quantitative estimate of drug-likeness (QED) is 0.566. The van der Waals surface area contributed by atoms with Gasteiger partial charge in [-0.1, -0.05) is 41.9 Å². The van der Waals surface area contributed by atoms with Crippen LogP contribution in [0, 0.1) is 0 Å². The minimum Gasteiger partial charge on any atom is -0.507 e. The Morgan fingerprint density at radius 3 is 2.65 bits per heavy atom. The summed E-state index contributed by atoms with van der Waals surface area (Å²) in [6.07, 6.45) is 1.35. The van der Waals surface area contributed by atoms with Crippen molar-refractivity contribution < 1.29 is 9.90 Å². The van der Waals surface area contributed by atoms with Gasteiger partial charge in [-0.3, -0.25) is 4.79 Å². The lowest BCUT2D eigenvalue weighted by atomic mass is 10.1. The van der Waals surface area contributed by atoms with E-state index in [9.17, 15) is 9.90 Å². The number of carbonyl (C=O) groups is 1. The van der Waals surface area contributed by atoms with E-state index in [4.69, 9.17) is 11.6 Å². The maximum absolute atomic E-state index is 12.1. The Morgan fingerprint density at radius 2 is 1.83 bits per heavy atom. The Kier molecular flexibility index (Phi) is 4.26. The van der Waals surface area contributed by atoms with Crippen molar-refractivity contribution in [2.24, 2.45) is 5.10 Å². The van der Waals surface area contributed by atoms with Gasteiger partial charge in [0.05, 0.1) is 6.21 Å². The molecule has 3 aromatic rings. The second kappa shape index (κ2) is 6.50. The lowest BCUT2D eigenvalue weighted by Crippen LogP contribution is -2.17. The highest BCUT2D eigenvalue weighted by Gasteiger charge is 2.05. The molecule has 0 aliphatic rings. The minimum atomic E-state index is -0.325. The molecule has 0 unspecified atom stereocenters. The fourth-order valence-electron chi connectivity index (χ4n) is 2.18. The molecule has 0 heterocycles. The van der Waals surface area contributed by atoms with Gasteiger partial charge in [-0.05, 0) is 41.1 Å². The van der Waals surface area contributed by atoms with E-state index in [2.05, 4.69) is 10.5 Å². The summed E-state index contributed by atoms with van der Waals surface area (Å²) in [5, 5.41) is 16.1. The summed E-state index contributed by atoms with van der Waals surface area (Å²) in [6, 6.07) is 17.8. The largest absolute Gasteiger partial charge is 0.507 e. The van der Waals surface area contributed by atoms with Gasteiger partial charge in [-0.2, -0.15) is 5.10 Å². The van der Waals surface area contributed by atoms with Crippen molar-refractivity contribution in [3.8, 4) is 5.75 Å². The third-order valence-electron chi connectivity index (χ3n) is 3.37. The molecule has 4 nitrogen and oxygen atoms in total. The summed E-state index contributed by atoms with van der Waals surface area (Å²) in [6.45, 7) is 0. The number of phenols is 1. The number of phenolic OH excluding ortho intramolecular Hbond substituents is 1. The monoisotopic (exact) mass is 324 g/mol. The van der Waals surface area contributed by atoms with Crippen LogP contribution in [-0.2, 0) is 0 Å². The normalized spacial score (nSPS) is 11.0. The van der Waals surface area contributed by atoms with Gasteiger partial charge in [0.1, 0.15) is 5.75 Å². The number of amides is 1. The Balaban J connectivity index is 1.75. The van der Waals surface area contributed by atoms with Crippen LogP contribution in [0.1, 0.15) is 15.9 Å². The van der Waals surface area contributed by atoms with Gasteiger partial charge in [0.25, 0.3) is 5.91 Å². The van der Waals surface area contributed by atoms with Gasteiger partial charge in [-0.25, -0.2) is 5.43 Å². The van der Waals surface area contributed by atoms with E-state index in [0.29, 0.717) is 16.1 Å². The van der Waals surface area contributed by atoms with Crippen molar-refractivity contribution in [2.45, 2.75) is 0 Å². The van der Waals surface area contributed by atoms with Crippen LogP contribution < -0.4 is 5.43 Å². The Bertz CT molecular complexity index is 906. The van der Waals surface area contributed by atoms with E-state index in [0.717, 1.165) is 10.8 Å². The first-order chi connectivity index (χ1) is 11.1. The van der Waals surface area contributed by atoms with Gasteiger partial charge >= 0.3 is 0 Å². The van der Waals surface area contributed by atoms with E-state index < -0.39 is 0 Å². The molecule has 0 aliphatic heterocycles. The molecule has 0 radical (unpaired) electrons. The first kappa shape index (κ1) is 15.1. The van der Waals surface area contributed by atoms with Crippen molar-refractivity contribution in [1.29, 1.82) is 0 Å². The van der Waals surface area contributed by atoms with E-state index in [1.54, 1.807) is 24.3 Å². The van der Waals surface area contributed by atoms with Crippen molar-refractivity contribution in [3.63, 3.8) is 0 Å². The number of fused-ring (bicyclic) bond motifs is 1. The zero-order valence-corrected chi connectivity index (χ0v) is 12.8. The Labute approximate surface area is 138 Å². The summed E-state index contributed by atoms with van der Waals surface area (Å²) in [5.41, 5.74) is 3.37. The maximum atomic E-state index is 12.1. The Hall–Kier alpha value is -2.85. The molecular weight excluding hydrogens is 312 g/mol. The van der Waals surface area contributed by atoms with Crippen molar-refractivity contribution in [2.75, 3.05) is 0 Å². The third kappa shape index (κ3) is 3.49. The van der Waals surface area contributed by atoms with Crippen LogP contribution in [0.3, 0.4) is 0 Å². The molecule has 114 valence electrons. The molecular formula is C18H13ClN2O2. The van der Waals surface area contributed by atoms with Crippen LogP contribution in [0.4, 0.5) is 0 Å². The summed E-state index contributed by atoms with van der Waals surface area (Å²) >= 11 is 5.85. The molecule has 0 saturated heterocycles. The first-order valence-electron chi connectivity index (χ1n) is 6.94. The smallest absolute Gasteiger partial charge is 0.271 e. The molecule has 0 aromatic heterocycles. The van der Waals surface area contributed by atoms with E-state index in [1.165, 1.54) is 12.3 Å². The predicted octanol–water partition coefficient (Wildman–Crippen LogP) is 3.96. The number of hydrazone groups is 1. The van der Waals surface area contributed by atoms with E-state index in [1.807, 2.05) is 30.3 Å². The molecule has 5 heteroatoms. The summed E-state index contributed by atoms with van der Waals surface area (Å²) in [7, 11) is 0. The number of aromatic hydroxyl groups is 1. The number of hydrogen-bond acceptors (Lipinski definition) is 3. The average molecular weight is 325 g/mol. The second-order valence-electron chi connectivity index (χ2n) is 4.96. The number of nitrogens with zero attached hydrogens (tertiary/aromatic N) is 1. The van der Waals surface area contributed by atoms with Gasteiger partial charge in [-0.15, -0.1) is 0 Å². The van der Waals surface area contributed by atoms with Crippen LogP contribution in [0.5, 0.6) is 5.75 Å². The highest BCUT2D eigenvalue weighted by atomic mass is 35.5. The fraction of sp³-hybridized carbons (Fsp3) is 0. The lowest BCUT2D eigenvalue weighted by Gasteiger charge is -2.03. The molecule has 3 aromatic carbocycles. The predicted molar refractivity (Wildman–Crippen MR) is 92.1 cm³/mol. The lowest BCUT2D eigenvalue weighted by molar-refractivity contribution is 0.0955. The molecule has 0 saturated carbocycles. The highest BCUT2D eigenvalue weighted by Crippen LogP contribution is 2.19. The number of carbonyl (C=O) groups excluding carboxylic acids is 1. The third-order valence-corrected chi connectivity index (χ3v) is 3.61. The molecule has 2 N–H and O–H groups in total. The number of benzene rings is 3. The number of hydrogen-bond donors (Lipinski definition) is 2. The van der Waals surface area contributed by atoms with Crippen molar-refractivity contribution in [1.82, 2.24) is 5.43 Å². The van der Waals surface area contributed by atoms with Crippen molar-refractivity contribution >= 4 is 34.5 Å². The zero-order valence-electron chi connectivity index (χ0n) is 12.0. The summed E-state index contributed by atoms with van der Waals surface area (Å²) < 4.78 is 0. The average Bonchev–Trinajstić information content (AvgIpc) is 2.57. The topological polar surface area (TPSA) is 61.7 Å². The zero-order chi connectivity index (χ0) is 16.2. The molecule has 0 bridgehead atoms. The number of rotatable bonds is 3. The van der Waals surface area contributed by atoms with Crippen LogP contribution in [-0.4, -0.2) is 17.2 Å². The number of nitrogens with one attached hydrogen (secondary N) is 1. The molecule has 0 spiro atoms. The van der Waals surface area contributed by atoms with Crippen LogP contribution in [0.25, 0.3) is 10.8 Å². The van der Waals surface area contributed by atoms with Gasteiger partial charge < -0.3 is 5.11 Å². The molecule has 3 rings (SSSR count). The summed E-state index contributed by atoms with van der Waals surface area (Å²) in [5.74, 6) is -0.286. The molecule has 0 atom stereocenters. The van der Waals surface area contributed by atoms with Crippen LogP contribution >= 0.6 is 11.6 Å². The molecule has 0 fully saturated rings. The van der Waals surface area contributed by atoms with Gasteiger partial charge in [0.2, 0.25) is 0 Å². The summed E-state index contributed by atoms with van der Waals surface area (Å²) in [4.78, 5) is 12.1. The molecule has 1 amide bonds. The SMILES string of the molecule is O=C(NN=Cc1cc(Cl)ccc1O)c1ccc2ccccc2c1. The Morgan fingerprint density at radius 1 is 1.04 bits per heavy atom. The molecule has 0 aliphatic carbocycles. The van der Waals surface area contributed by atoms with Crippen molar-refractivity contribution in [3.05, 3.63) is 76.8 Å². The van der Waals surface area contributed by atoms with Crippen LogP contribution in [0.2, 0.25) is 5.02 Å². The standard InChI is InChI=1S/C18H13ClN2O2/c19-16-7-8-17(22)15(10-16)11-20-21-18(23)14-6-5-12-3-1-2-4-13(12)9-14/h1-11,22H,(H,21,23). The molecule has 23 heavy (non-hydrogen) atoms. The van der Waals surface area contributed by atoms with E-state index >= 15 is 0 Å². The van der Waals surface area contributed by atoms with Crippen LogP contribution in [0.15, 0.2) is 65.8 Å². The minimum absolute atomic E-state index is 0.0399. The number of halogens is 1. The second-order valence-corrected chi connectivity index (χ2v) is 5.40. The van der Waals surface area contributed by atoms with Gasteiger partial charge in [0, 0.05) is 16.1 Å². The van der Waals surface area contributed by atoms with Gasteiger partial charge in [0.15, 0.2) is 0 Å².